The normalized spacial score (nSPS) is 15.9. The van der Waals surface area contributed by atoms with Crippen LogP contribution in [0.5, 0.6) is 0 Å². The Morgan fingerprint density at radius 2 is 1.73 bits per heavy atom. The lowest BCUT2D eigenvalue weighted by molar-refractivity contribution is 0.100. The maximum absolute atomic E-state index is 13.0. The van der Waals surface area contributed by atoms with Crippen molar-refractivity contribution in [2.75, 3.05) is 18.0 Å². The van der Waals surface area contributed by atoms with Crippen molar-refractivity contribution < 1.29 is 9.21 Å². The molecule has 0 bridgehead atoms. The first-order valence-electron chi connectivity index (χ1n) is 10.9. The van der Waals surface area contributed by atoms with Gasteiger partial charge < -0.3 is 9.32 Å². The number of fused-ring (bicyclic) bond motifs is 1. The maximum Gasteiger partial charge on any atom is 0.318 e. The first-order chi connectivity index (χ1) is 16.2. The molecule has 1 atom stereocenters. The fraction of sp³-hybridized carbons (Fsp3) is 0.154. The number of rotatable bonds is 5. The number of nitrogens with zero attached hydrogens (tertiary/aromatic N) is 4. The molecule has 0 spiro atoms. The van der Waals surface area contributed by atoms with E-state index >= 15 is 0 Å². The molecule has 0 aliphatic carbocycles. The molecule has 1 aliphatic rings. The van der Waals surface area contributed by atoms with Gasteiger partial charge in [-0.05, 0) is 35.2 Å². The highest BCUT2D eigenvalue weighted by Gasteiger charge is 2.29. The molecule has 0 saturated carbocycles. The van der Waals surface area contributed by atoms with E-state index in [1.54, 1.807) is 0 Å². The number of hydrogen-bond donors (Lipinski definition) is 0. The molecule has 0 amide bonds. The lowest BCUT2D eigenvalue weighted by atomic mass is 9.99. The third-order valence-electron chi connectivity index (χ3n) is 6.03. The SMILES string of the molecule is O=C(c1nnc(N2CCC(c3ccccc3)C2)o1)c1nc2ccc(-c3ccccc3)cc2s1. The van der Waals surface area contributed by atoms with Crippen LogP contribution < -0.4 is 4.90 Å². The lowest BCUT2D eigenvalue weighted by Crippen LogP contribution is -2.19. The number of carbonyl (C=O) groups is 1. The Bertz CT molecular complexity index is 1430. The Morgan fingerprint density at radius 1 is 0.939 bits per heavy atom. The number of carbonyl (C=O) groups excluding carboxylic acids is 1. The summed E-state index contributed by atoms with van der Waals surface area (Å²) in [5.41, 5.74) is 4.31. The summed E-state index contributed by atoms with van der Waals surface area (Å²) in [6, 6.07) is 27.0. The molecule has 162 valence electrons. The van der Waals surface area contributed by atoms with Crippen molar-refractivity contribution in [3.8, 4) is 11.1 Å². The molecule has 7 heteroatoms. The van der Waals surface area contributed by atoms with E-state index in [2.05, 4.69) is 57.6 Å². The van der Waals surface area contributed by atoms with Gasteiger partial charge in [-0.2, -0.15) is 0 Å². The number of ketones is 1. The fourth-order valence-corrected chi connectivity index (χ4v) is 5.23. The van der Waals surface area contributed by atoms with E-state index in [4.69, 9.17) is 4.42 Å². The highest BCUT2D eigenvalue weighted by atomic mass is 32.1. The van der Waals surface area contributed by atoms with Crippen LogP contribution in [0.4, 0.5) is 6.01 Å². The van der Waals surface area contributed by atoms with Crippen LogP contribution in [0.1, 0.15) is 33.6 Å². The van der Waals surface area contributed by atoms with E-state index < -0.39 is 0 Å². The zero-order valence-electron chi connectivity index (χ0n) is 17.7. The minimum atomic E-state index is -0.338. The van der Waals surface area contributed by atoms with E-state index in [0.29, 0.717) is 16.9 Å². The predicted octanol–water partition coefficient (Wildman–Crippen LogP) is 5.57. The quantitative estimate of drug-likeness (QED) is 0.325. The summed E-state index contributed by atoms with van der Waals surface area (Å²) in [4.78, 5) is 19.6. The first kappa shape index (κ1) is 19.8. The molecule has 6 rings (SSSR count). The Hall–Kier alpha value is -3.84. The van der Waals surface area contributed by atoms with E-state index in [1.165, 1.54) is 16.9 Å². The van der Waals surface area contributed by atoms with Crippen molar-refractivity contribution >= 4 is 33.4 Å². The number of hydrogen-bond acceptors (Lipinski definition) is 7. The Balaban J connectivity index is 1.21. The molecular weight excluding hydrogens is 432 g/mol. The molecular formula is C26H20N4O2S. The van der Waals surface area contributed by atoms with E-state index in [1.807, 2.05) is 41.3 Å². The van der Waals surface area contributed by atoms with Crippen LogP contribution in [-0.4, -0.2) is 34.1 Å². The van der Waals surface area contributed by atoms with Gasteiger partial charge in [0, 0.05) is 19.0 Å². The molecule has 0 N–H and O–H groups in total. The fourth-order valence-electron chi connectivity index (χ4n) is 4.29. The molecule has 1 unspecified atom stereocenters. The van der Waals surface area contributed by atoms with Crippen LogP contribution >= 0.6 is 11.3 Å². The second-order valence-corrected chi connectivity index (χ2v) is 9.16. The molecule has 6 nitrogen and oxygen atoms in total. The van der Waals surface area contributed by atoms with Gasteiger partial charge in [0.2, 0.25) is 0 Å². The van der Waals surface area contributed by atoms with E-state index in [0.717, 1.165) is 40.9 Å². The molecule has 5 aromatic rings. The average molecular weight is 453 g/mol. The molecule has 2 aromatic heterocycles. The van der Waals surface area contributed by atoms with Crippen LogP contribution in [0.3, 0.4) is 0 Å². The third-order valence-corrected chi connectivity index (χ3v) is 7.05. The van der Waals surface area contributed by atoms with Gasteiger partial charge in [-0.25, -0.2) is 4.98 Å². The number of anilines is 1. The second-order valence-electron chi connectivity index (χ2n) is 8.13. The van der Waals surface area contributed by atoms with Gasteiger partial charge in [0.15, 0.2) is 5.01 Å². The summed E-state index contributed by atoms with van der Waals surface area (Å²) in [5, 5.41) is 8.53. The molecule has 33 heavy (non-hydrogen) atoms. The molecule has 3 heterocycles. The van der Waals surface area contributed by atoms with Gasteiger partial charge in [-0.15, -0.1) is 16.4 Å². The smallest absolute Gasteiger partial charge is 0.318 e. The zero-order chi connectivity index (χ0) is 22.2. The van der Waals surface area contributed by atoms with Crippen LogP contribution in [0, 0.1) is 0 Å². The summed E-state index contributed by atoms with van der Waals surface area (Å²) in [7, 11) is 0. The van der Waals surface area contributed by atoms with Crippen LogP contribution in [-0.2, 0) is 0 Å². The monoisotopic (exact) mass is 452 g/mol. The minimum Gasteiger partial charge on any atom is -0.400 e. The van der Waals surface area contributed by atoms with Crippen molar-refractivity contribution in [3.05, 3.63) is 95.3 Å². The van der Waals surface area contributed by atoms with E-state index in [9.17, 15) is 4.79 Å². The van der Waals surface area contributed by atoms with Crippen molar-refractivity contribution in [1.82, 2.24) is 15.2 Å². The summed E-state index contributed by atoms with van der Waals surface area (Å²) >= 11 is 1.35. The van der Waals surface area contributed by atoms with Gasteiger partial charge in [-0.1, -0.05) is 71.8 Å². The van der Waals surface area contributed by atoms with Crippen molar-refractivity contribution in [2.24, 2.45) is 0 Å². The highest BCUT2D eigenvalue weighted by molar-refractivity contribution is 7.20. The predicted molar refractivity (Wildman–Crippen MR) is 129 cm³/mol. The first-order valence-corrected chi connectivity index (χ1v) is 11.7. The molecule has 3 aromatic carbocycles. The van der Waals surface area contributed by atoms with E-state index in [-0.39, 0.29) is 11.7 Å². The minimum absolute atomic E-state index is 0.0181. The largest absolute Gasteiger partial charge is 0.400 e. The Kier molecular flexibility index (Phi) is 4.96. The topological polar surface area (TPSA) is 72.1 Å². The summed E-state index contributed by atoms with van der Waals surface area (Å²) in [6.45, 7) is 1.61. The standard InChI is InChI=1S/C26H20N4O2S/c31-23(25-27-21-12-11-19(15-22(21)33-25)17-7-3-1-4-8-17)24-28-29-26(32-24)30-14-13-20(16-30)18-9-5-2-6-10-18/h1-12,15,20H,13-14,16H2. The van der Waals surface area contributed by atoms with Crippen LogP contribution in [0.15, 0.2) is 83.3 Å². The molecule has 0 radical (unpaired) electrons. The van der Waals surface area contributed by atoms with Gasteiger partial charge >= 0.3 is 6.01 Å². The number of benzene rings is 3. The van der Waals surface area contributed by atoms with Crippen LogP contribution in [0.2, 0.25) is 0 Å². The third kappa shape index (κ3) is 3.81. The number of aromatic nitrogens is 3. The van der Waals surface area contributed by atoms with Gasteiger partial charge in [0.25, 0.3) is 11.7 Å². The molecule has 1 saturated heterocycles. The Labute approximate surface area is 194 Å². The Morgan fingerprint density at radius 3 is 2.55 bits per heavy atom. The summed E-state index contributed by atoms with van der Waals surface area (Å²) in [5.74, 6) is 0.0610. The zero-order valence-corrected chi connectivity index (χ0v) is 18.5. The second kappa shape index (κ2) is 8.26. The highest BCUT2D eigenvalue weighted by Crippen LogP contribution is 2.32. The van der Waals surface area contributed by atoms with Crippen molar-refractivity contribution in [3.63, 3.8) is 0 Å². The van der Waals surface area contributed by atoms with Gasteiger partial charge in [0.1, 0.15) is 0 Å². The molecule has 1 fully saturated rings. The average Bonchev–Trinajstić information content (AvgIpc) is 3.63. The summed E-state index contributed by atoms with van der Waals surface area (Å²) in [6.07, 6.45) is 1.01. The van der Waals surface area contributed by atoms with Gasteiger partial charge in [0.05, 0.1) is 10.2 Å². The van der Waals surface area contributed by atoms with Crippen molar-refractivity contribution in [2.45, 2.75) is 12.3 Å². The molecule has 1 aliphatic heterocycles. The summed E-state index contributed by atoms with van der Waals surface area (Å²) < 4.78 is 6.73. The van der Waals surface area contributed by atoms with Crippen molar-refractivity contribution in [1.29, 1.82) is 0 Å². The lowest BCUT2D eigenvalue weighted by Gasteiger charge is -2.13. The van der Waals surface area contributed by atoms with Gasteiger partial charge in [-0.3, -0.25) is 4.79 Å². The number of thiazole rings is 1. The van der Waals surface area contributed by atoms with Crippen LogP contribution in [0.25, 0.3) is 21.3 Å². The maximum atomic E-state index is 13.0.